The predicted molar refractivity (Wildman–Crippen MR) is 105 cm³/mol. The number of aromatic nitrogens is 1. The fourth-order valence-corrected chi connectivity index (χ4v) is 2.89. The summed E-state index contributed by atoms with van der Waals surface area (Å²) in [5.41, 5.74) is 2.65. The molecule has 0 saturated heterocycles. The van der Waals surface area contributed by atoms with Crippen LogP contribution in [0.25, 0.3) is 0 Å². The lowest BCUT2D eigenvalue weighted by molar-refractivity contribution is 0.0143. The van der Waals surface area contributed by atoms with E-state index in [1.807, 2.05) is 50.4 Å². The van der Waals surface area contributed by atoms with Crippen molar-refractivity contribution in [2.75, 3.05) is 25.6 Å². The van der Waals surface area contributed by atoms with Crippen LogP contribution in [-0.2, 0) is 22.6 Å². The Balaban J connectivity index is 1.80. The number of rotatable bonds is 9. The second-order valence-electron chi connectivity index (χ2n) is 6.32. The van der Waals surface area contributed by atoms with E-state index in [1.165, 1.54) is 0 Å². The molecule has 0 aliphatic rings. The number of nitrogens with one attached hydrogen (secondary N) is 1. The third-order valence-corrected chi connectivity index (χ3v) is 4.36. The Labute approximate surface area is 159 Å². The summed E-state index contributed by atoms with van der Waals surface area (Å²) in [5.74, 6) is 0. The zero-order valence-electron chi connectivity index (χ0n) is 15.8. The highest BCUT2D eigenvalue weighted by Crippen LogP contribution is 2.14. The van der Waals surface area contributed by atoms with Crippen LogP contribution in [0.1, 0.15) is 30.1 Å². The van der Waals surface area contributed by atoms with Crippen LogP contribution < -0.4 is 5.32 Å². The zero-order chi connectivity index (χ0) is 18.9. The van der Waals surface area contributed by atoms with E-state index in [9.17, 15) is 4.79 Å². The van der Waals surface area contributed by atoms with Crippen LogP contribution >= 0.6 is 11.3 Å². The molecule has 0 aliphatic carbocycles. The Morgan fingerprint density at radius 3 is 2.85 bits per heavy atom. The number of hydrogen-bond acceptors (Lipinski definition) is 5. The highest BCUT2D eigenvalue weighted by Gasteiger charge is 2.11. The minimum Gasteiger partial charge on any atom is -0.376 e. The third kappa shape index (κ3) is 7.11. The first-order valence-electron chi connectivity index (χ1n) is 8.65. The molecule has 0 unspecified atom stereocenters. The molecule has 1 N–H and O–H groups in total. The van der Waals surface area contributed by atoms with Gasteiger partial charge in [0, 0.05) is 18.1 Å². The fraction of sp³-hybridized carbons (Fsp3) is 0.474. The van der Waals surface area contributed by atoms with E-state index >= 15 is 0 Å². The molecule has 2 amide bonds. The molecular weight excluding hydrogens is 350 g/mol. The van der Waals surface area contributed by atoms with Crippen molar-refractivity contribution in [1.82, 2.24) is 9.88 Å². The average Bonchev–Trinajstić information content (AvgIpc) is 2.99. The molecule has 1 aromatic carbocycles. The first-order valence-corrected chi connectivity index (χ1v) is 9.53. The summed E-state index contributed by atoms with van der Waals surface area (Å²) in [6, 6.07) is 7.49. The summed E-state index contributed by atoms with van der Waals surface area (Å²) >= 11 is 1.58. The second kappa shape index (κ2) is 10.3. The number of urea groups is 1. The molecular formula is C19H27N3O3S. The molecule has 0 saturated carbocycles. The lowest BCUT2D eigenvalue weighted by Gasteiger charge is -2.17. The molecule has 0 bridgehead atoms. The van der Waals surface area contributed by atoms with Gasteiger partial charge in [-0.25, -0.2) is 9.78 Å². The minimum atomic E-state index is -0.168. The Kier molecular flexibility index (Phi) is 8.03. The lowest BCUT2D eigenvalue weighted by atomic mass is 10.2. The van der Waals surface area contributed by atoms with Gasteiger partial charge in [-0.05, 0) is 38.5 Å². The quantitative estimate of drug-likeness (QED) is 0.670. The Morgan fingerprint density at radius 2 is 2.15 bits per heavy atom. The number of ether oxygens (including phenoxy) is 2. The van der Waals surface area contributed by atoms with E-state index in [-0.39, 0.29) is 12.1 Å². The number of amides is 2. The van der Waals surface area contributed by atoms with Crippen molar-refractivity contribution in [2.24, 2.45) is 0 Å². The molecule has 2 aromatic rings. The molecule has 0 atom stereocenters. The SMILES string of the molecule is Cc1nc(CN(C)C(=O)Nc2cccc(COCCOC(C)C)c2)cs1. The van der Waals surface area contributed by atoms with Crippen molar-refractivity contribution >= 4 is 23.1 Å². The second-order valence-corrected chi connectivity index (χ2v) is 7.38. The Bertz CT molecular complexity index is 703. The maximum absolute atomic E-state index is 12.3. The molecule has 142 valence electrons. The van der Waals surface area contributed by atoms with Gasteiger partial charge in [-0.3, -0.25) is 0 Å². The van der Waals surface area contributed by atoms with Gasteiger partial charge < -0.3 is 19.7 Å². The number of thiazole rings is 1. The summed E-state index contributed by atoms with van der Waals surface area (Å²) < 4.78 is 11.0. The van der Waals surface area contributed by atoms with Crippen molar-refractivity contribution < 1.29 is 14.3 Å². The fourth-order valence-electron chi connectivity index (χ4n) is 2.29. The first kappa shape index (κ1) is 20.4. The van der Waals surface area contributed by atoms with Gasteiger partial charge in [0.25, 0.3) is 0 Å². The summed E-state index contributed by atoms with van der Waals surface area (Å²) in [5, 5.41) is 5.88. The summed E-state index contributed by atoms with van der Waals surface area (Å²) in [4.78, 5) is 18.3. The highest BCUT2D eigenvalue weighted by molar-refractivity contribution is 7.09. The summed E-state index contributed by atoms with van der Waals surface area (Å²) in [7, 11) is 1.76. The molecule has 1 heterocycles. The molecule has 0 radical (unpaired) electrons. The van der Waals surface area contributed by atoms with Gasteiger partial charge in [-0.1, -0.05) is 12.1 Å². The lowest BCUT2D eigenvalue weighted by Crippen LogP contribution is -2.31. The maximum atomic E-state index is 12.3. The molecule has 0 spiro atoms. The van der Waals surface area contributed by atoms with Gasteiger partial charge in [-0.2, -0.15) is 0 Å². The predicted octanol–water partition coefficient (Wildman–Crippen LogP) is 4.06. The largest absolute Gasteiger partial charge is 0.376 e. The van der Waals surface area contributed by atoms with Crippen LogP contribution in [0.3, 0.4) is 0 Å². The number of hydrogen-bond donors (Lipinski definition) is 1. The standard InChI is InChI=1S/C19H27N3O3S/c1-14(2)25-9-8-24-12-16-6-5-7-17(10-16)21-19(23)22(4)11-18-13-26-15(3)20-18/h5-7,10,13-14H,8-9,11-12H2,1-4H3,(H,21,23). The number of aryl methyl sites for hydroxylation is 1. The Morgan fingerprint density at radius 1 is 1.35 bits per heavy atom. The number of nitrogens with zero attached hydrogens (tertiary/aromatic N) is 2. The summed E-state index contributed by atoms with van der Waals surface area (Å²) in [6.45, 7) is 8.04. The van der Waals surface area contributed by atoms with E-state index in [4.69, 9.17) is 9.47 Å². The van der Waals surface area contributed by atoms with Crippen molar-refractivity contribution in [2.45, 2.75) is 40.0 Å². The normalized spacial score (nSPS) is 11.0. The number of benzene rings is 1. The van der Waals surface area contributed by atoms with Gasteiger partial charge >= 0.3 is 6.03 Å². The number of carbonyl (C=O) groups is 1. The van der Waals surface area contributed by atoms with E-state index in [1.54, 1.807) is 23.3 Å². The van der Waals surface area contributed by atoms with E-state index in [2.05, 4.69) is 10.3 Å². The smallest absolute Gasteiger partial charge is 0.321 e. The number of anilines is 1. The van der Waals surface area contributed by atoms with Crippen molar-refractivity contribution in [3.63, 3.8) is 0 Å². The van der Waals surface area contributed by atoms with E-state index < -0.39 is 0 Å². The monoisotopic (exact) mass is 377 g/mol. The van der Waals surface area contributed by atoms with Crippen LogP contribution in [0.15, 0.2) is 29.6 Å². The van der Waals surface area contributed by atoms with Gasteiger partial charge in [0.1, 0.15) is 0 Å². The molecule has 0 fully saturated rings. The molecule has 2 rings (SSSR count). The maximum Gasteiger partial charge on any atom is 0.321 e. The molecule has 6 nitrogen and oxygen atoms in total. The van der Waals surface area contributed by atoms with Crippen molar-refractivity contribution in [1.29, 1.82) is 0 Å². The Hall–Kier alpha value is -1.96. The van der Waals surface area contributed by atoms with Crippen LogP contribution in [0.4, 0.5) is 10.5 Å². The van der Waals surface area contributed by atoms with Crippen LogP contribution in [0, 0.1) is 6.92 Å². The van der Waals surface area contributed by atoms with Gasteiger partial charge in [0.2, 0.25) is 0 Å². The average molecular weight is 378 g/mol. The van der Waals surface area contributed by atoms with Crippen LogP contribution in [-0.4, -0.2) is 42.3 Å². The highest BCUT2D eigenvalue weighted by atomic mass is 32.1. The summed E-state index contributed by atoms with van der Waals surface area (Å²) in [6.07, 6.45) is 0.210. The van der Waals surface area contributed by atoms with E-state index in [0.717, 1.165) is 22.0 Å². The topological polar surface area (TPSA) is 63.7 Å². The molecule has 7 heteroatoms. The van der Waals surface area contributed by atoms with Gasteiger partial charge in [0.15, 0.2) is 0 Å². The van der Waals surface area contributed by atoms with Gasteiger partial charge in [0.05, 0.1) is 43.2 Å². The van der Waals surface area contributed by atoms with Crippen LogP contribution in [0.5, 0.6) is 0 Å². The zero-order valence-corrected chi connectivity index (χ0v) is 16.6. The van der Waals surface area contributed by atoms with Crippen molar-refractivity contribution in [3.8, 4) is 0 Å². The van der Waals surface area contributed by atoms with Gasteiger partial charge in [-0.15, -0.1) is 11.3 Å². The number of carbonyl (C=O) groups excluding carboxylic acids is 1. The first-order chi connectivity index (χ1) is 12.4. The van der Waals surface area contributed by atoms with E-state index in [0.29, 0.717) is 26.4 Å². The molecule has 0 aliphatic heterocycles. The van der Waals surface area contributed by atoms with Crippen molar-refractivity contribution in [3.05, 3.63) is 45.9 Å². The van der Waals surface area contributed by atoms with Crippen LogP contribution in [0.2, 0.25) is 0 Å². The third-order valence-electron chi connectivity index (χ3n) is 3.54. The minimum absolute atomic E-state index is 0.168. The molecule has 26 heavy (non-hydrogen) atoms. The molecule has 1 aromatic heterocycles.